The van der Waals surface area contributed by atoms with Crippen molar-refractivity contribution in [3.8, 4) is 73.2 Å². The number of fused-ring (bicyclic) bond motifs is 20. The second-order valence-corrected chi connectivity index (χ2v) is 24.2. The Balaban J connectivity index is 0.000000148. The van der Waals surface area contributed by atoms with Crippen molar-refractivity contribution in [1.29, 1.82) is 0 Å². The molecule has 0 radical (unpaired) electrons. The molecule has 0 N–H and O–H groups in total. The summed E-state index contributed by atoms with van der Waals surface area (Å²) in [4.78, 5) is 2.51. The van der Waals surface area contributed by atoms with Crippen LogP contribution >= 0.6 is 0 Å². The van der Waals surface area contributed by atoms with Crippen LogP contribution in [0.15, 0.2) is 297 Å². The Hall–Kier alpha value is -10.9. The molecule has 3 heterocycles. The number of hydrogen-bond acceptors (Lipinski definition) is 3. The summed E-state index contributed by atoms with van der Waals surface area (Å²) in [6.45, 7) is 4.83. The average Bonchev–Trinajstić information content (AvgIpc) is 1.69. The van der Waals surface area contributed by atoms with Crippen LogP contribution in [-0.4, -0.2) is 11.3 Å². The number of aromatic nitrogens is 1. The number of anilines is 3. The van der Waals surface area contributed by atoms with E-state index in [2.05, 4.69) is 308 Å². The number of ether oxygens (including phenoxy) is 2. The van der Waals surface area contributed by atoms with Gasteiger partial charge >= 0.3 is 0 Å². The van der Waals surface area contributed by atoms with Gasteiger partial charge in [-0.25, -0.2) is 0 Å². The van der Waals surface area contributed by atoms with Gasteiger partial charge in [-0.1, -0.05) is 252 Å². The Morgan fingerprint density at radius 2 is 0.807 bits per heavy atom. The average molecular weight is 1130 g/mol. The normalized spacial score (nSPS) is 13.8. The Kier molecular flexibility index (Phi) is 11.5. The Morgan fingerprint density at radius 1 is 0.352 bits per heavy atom. The summed E-state index contributed by atoms with van der Waals surface area (Å²) in [5.74, 6) is 3.52. The zero-order valence-electron chi connectivity index (χ0n) is 48.1. The molecule has 5 heteroatoms. The van der Waals surface area contributed by atoms with Gasteiger partial charge in [-0.2, -0.15) is 0 Å². The quantitative estimate of drug-likeness (QED) is 0.161. The van der Waals surface area contributed by atoms with E-state index in [1.807, 2.05) is 12.1 Å². The molecule has 0 atom stereocenters. The molecule has 0 unspecified atom stereocenters. The summed E-state index contributed by atoms with van der Waals surface area (Å²) in [6.07, 6.45) is 0. The molecule has 3 aliphatic carbocycles. The monoisotopic (exact) mass is 1130 g/mol. The molecule has 0 bridgehead atoms. The molecule has 19 rings (SSSR count). The zero-order chi connectivity index (χ0) is 57.5. The van der Waals surface area contributed by atoms with Crippen molar-refractivity contribution in [2.45, 2.75) is 32.1 Å². The number of rotatable bonds is 5. The number of hydrogen-bond donors (Lipinski definition) is 0. The van der Waals surface area contributed by atoms with Crippen LogP contribution in [0.25, 0.3) is 72.0 Å². The third-order valence-corrected chi connectivity index (χ3v) is 19.4. The van der Waals surface area contributed by atoms with Crippen LogP contribution in [0.4, 0.5) is 17.1 Å². The van der Waals surface area contributed by atoms with E-state index in [1.165, 1.54) is 116 Å². The topological polar surface area (TPSA) is 26.6 Å². The zero-order valence-corrected chi connectivity index (χ0v) is 48.1. The molecule has 14 aromatic rings. The lowest BCUT2D eigenvalue weighted by Crippen LogP contribution is -2.57. The van der Waals surface area contributed by atoms with Gasteiger partial charge < -0.3 is 18.9 Å². The minimum absolute atomic E-state index is 0. The molecule has 13 aromatic carbocycles. The van der Waals surface area contributed by atoms with Crippen molar-refractivity contribution in [3.05, 3.63) is 331 Å². The van der Waals surface area contributed by atoms with E-state index in [9.17, 15) is 0 Å². The second-order valence-electron chi connectivity index (χ2n) is 24.2. The van der Waals surface area contributed by atoms with Gasteiger partial charge in [-0.3, -0.25) is 0 Å². The van der Waals surface area contributed by atoms with Gasteiger partial charge in [0.2, 0.25) is 0 Å². The number of nitrogens with zero attached hydrogens (tertiary/aromatic N) is 2. The van der Waals surface area contributed by atoms with Crippen molar-refractivity contribution < 1.29 is 9.47 Å². The van der Waals surface area contributed by atoms with Crippen molar-refractivity contribution in [2.75, 3.05) is 4.90 Å². The molecule has 0 saturated carbocycles. The highest BCUT2D eigenvalue weighted by atomic mass is 16.5. The van der Waals surface area contributed by atoms with Gasteiger partial charge in [0.25, 0.3) is 6.71 Å². The van der Waals surface area contributed by atoms with Gasteiger partial charge in [0.1, 0.15) is 23.0 Å². The minimum Gasteiger partial charge on any atom is -0.458 e. The first-order valence-corrected chi connectivity index (χ1v) is 30.3. The first kappa shape index (κ1) is 51.5. The minimum atomic E-state index is -0.403. The summed E-state index contributed by atoms with van der Waals surface area (Å²) < 4.78 is 15.3. The highest BCUT2D eigenvalue weighted by molar-refractivity contribution is 6.98. The Morgan fingerprint density at radius 3 is 1.42 bits per heavy atom. The fourth-order valence-electron chi connectivity index (χ4n) is 15.7. The molecule has 416 valence electrons. The van der Waals surface area contributed by atoms with E-state index in [4.69, 9.17) is 9.47 Å². The van der Waals surface area contributed by atoms with E-state index < -0.39 is 5.41 Å². The first-order chi connectivity index (χ1) is 42.9. The maximum absolute atomic E-state index is 6.51. The van der Waals surface area contributed by atoms with Crippen molar-refractivity contribution in [2.24, 2.45) is 0 Å². The molecular weight excluding hydrogens is 1070 g/mol. The third kappa shape index (κ3) is 7.28. The highest BCUT2D eigenvalue weighted by Gasteiger charge is 2.52. The molecule has 4 nitrogen and oxygen atoms in total. The largest absolute Gasteiger partial charge is 0.458 e. The summed E-state index contributed by atoms with van der Waals surface area (Å²) >= 11 is 0. The van der Waals surface area contributed by atoms with E-state index in [1.54, 1.807) is 0 Å². The van der Waals surface area contributed by atoms with Crippen LogP contribution in [-0.2, 0) is 10.8 Å². The van der Waals surface area contributed by atoms with Gasteiger partial charge in [0, 0.05) is 50.7 Å². The summed E-state index contributed by atoms with van der Waals surface area (Å²) in [7, 11) is 0. The van der Waals surface area contributed by atoms with Crippen LogP contribution in [0.3, 0.4) is 0 Å². The molecule has 0 amide bonds. The maximum Gasteiger partial charge on any atom is 0.260 e. The van der Waals surface area contributed by atoms with Gasteiger partial charge in [-0.15, -0.1) is 0 Å². The first-order valence-electron chi connectivity index (χ1n) is 30.3. The molecule has 1 spiro atoms. The highest BCUT2D eigenvalue weighted by Crippen LogP contribution is 2.65. The summed E-state index contributed by atoms with van der Waals surface area (Å²) in [5.41, 5.74) is 28.3. The standard InChI is InChI=1S/C52H37N.C30H18BNO2.CH4/c1-51(2)43-21-10-6-17-38(43)41-32-31-37(33-48(41)51)53(36-29-27-35(28-30-36)34-15-4-3-5-16-34)49-26-14-25-47-50(49)42-20-9-13-24-46(42)52(47)44-22-11-7-18-39(44)40-19-8-12-23-45(40)52;1-5-13-24-20(9-1)21-10-2-6-14-25(21)32(24)19-17-28-30-29(18-19)34-27-16-8-4-12-23(27)31(30)22-11-3-7-15-26(22)33-28;/h3-33H,1-2H3;1-18H;1H4. The Bertz CT molecular complexity index is 5000. The Labute approximate surface area is 513 Å². The van der Waals surface area contributed by atoms with Crippen molar-refractivity contribution >= 4 is 62.0 Å². The predicted octanol–water partition coefficient (Wildman–Crippen LogP) is 19.6. The summed E-state index contributed by atoms with van der Waals surface area (Å²) in [6, 6.07) is 108. The fraction of sp³-hybridized carbons (Fsp3) is 0.0602. The van der Waals surface area contributed by atoms with Gasteiger partial charge in [-0.05, 0) is 138 Å². The van der Waals surface area contributed by atoms with E-state index in [0.717, 1.165) is 45.5 Å². The molecule has 2 aliphatic heterocycles. The van der Waals surface area contributed by atoms with E-state index in [0.29, 0.717) is 0 Å². The van der Waals surface area contributed by atoms with Gasteiger partial charge in [0.05, 0.1) is 27.8 Å². The molecule has 5 aliphatic rings. The number of para-hydroxylation sites is 4. The summed E-state index contributed by atoms with van der Waals surface area (Å²) in [5, 5.41) is 2.47. The lowest BCUT2D eigenvalue weighted by Gasteiger charge is -2.33. The van der Waals surface area contributed by atoms with Crippen LogP contribution in [0.1, 0.15) is 54.7 Å². The maximum atomic E-state index is 6.51. The van der Waals surface area contributed by atoms with E-state index in [-0.39, 0.29) is 19.6 Å². The van der Waals surface area contributed by atoms with Crippen LogP contribution in [0.2, 0.25) is 0 Å². The van der Waals surface area contributed by atoms with Crippen LogP contribution < -0.4 is 30.8 Å². The smallest absolute Gasteiger partial charge is 0.260 e. The molecule has 1 aromatic heterocycles. The second kappa shape index (κ2) is 19.6. The fourth-order valence-corrected chi connectivity index (χ4v) is 15.7. The SMILES string of the molecule is C.CC1(C)c2ccccc2-c2ccc(N(c3ccc(-c4ccccc4)cc3)c3cccc4c3-c3ccccc3C43c4ccccc4-c4ccccc43)cc21.c1ccc2c(c1)Oc1cc(-n3c4ccccc4c4ccccc43)cc3c1B2c1ccccc1O3. The lowest BCUT2D eigenvalue weighted by molar-refractivity contribution is 0.464. The van der Waals surface area contributed by atoms with Crippen LogP contribution in [0, 0.1) is 0 Å². The molecule has 0 saturated heterocycles. The lowest BCUT2D eigenvalue weighted by atomic mass is 9.35. The predicted molar refractivity (Wildman–Crippen MR) is 366 cm³/mol. The molecule has 88 heavy (non-hydrogen) atoms. The van der Waals surface area contributed by atoms with Crippen molar-refractivity contribution in [3.63, 3.8) is 0 Å². The third-order valence-electron chi connectivity index (χ3n) is 19.4. The molecule has 0 fully saturated rings. The van der Waals surface area contributed by atoms with E-state index >= 15 is 0 Å². The molecular formula is C83H59BN2O2. The van der Waals surface area contributed by atoms with Crippen LogP contribution in [0.5, 0.6) is 23.0 Å². The van der Waals surface area contributed by atoms with Gasteiger partial charge in [0.15, 0.2) is 0 Å². The van der Waals surface area contributed by atoms with Crippen molar-refractivity contribution in [1.82, 2.24) is 4.57 Å². The number of benzene rings is 13.